The second kappa shape index (κ2) is 15.1. The molecule has 0 saturated heterocycles. The van der Waals surface area contributed by atoms with E-state index in [0.29, 0.717) is 17.7 Å². The van der Waals surface area contributed by atoms with Crippen LogP contribution in [0, 0.1) is 5.92 Å². The van der Waals surface area contributed by atoms with Crippen molar-refractivity contribution in [2.45, 2.75) is 98.0 Å². The Morgan fingerprint density at radius 1 is 0.759 bits per heavy atom. The zero-order chi connectivity index (χ0) is 21.5. The van der Waals surface area contributed by atoms with Gasteiger partial charge in [0.1, 0.15) is 6.10 Å². The van der Waals surface area contributed by atoms with Crippen LogP contribution in [0.3, 0.4) is 0 Å². The molecule has 0 N–H and O–H groups in total. The predicted molar refractivity (Wildman–Crippen MR) is 118 cm³/mol. The summed E-state index contributed by atoms with van der Waals surface area (Å²) in [6.45, 7) is 8.76. The molecule has 1 aromatic carbocycles. The molecule has 0 fully saturated rings. The van der Waals surface area contributed by atoms with Crippen molar-refractivity contribution in [3.63, 3.8) is 0 Å². The Labute approximate surface area is 177 Å². The SMILES string of the molecule is CCCCCCCCCCCOC(=O)c1ccc(C(=O)OC(CC)C(C)C)cc1. The molecule has 0 spiro atoms. The lowest BCUT2D eigenvalue weighted by Gasteiger charge is -2.19. The number of unbranched alkanes of at least 4 members (excludes halogenated alkanes) is 8. The first-order valence-electron chi connectivity index (χ1n) is 11.5. The molecule has 0 aliphatic heterocycles. The molecule has 0 aliphatic rings. The van der Waals surface area contributed by atoms with E-state index in [-0.39, 0.29) is 24.0 Å². The number of esters is 2. The van der Waals surface area contributed by atoms with Gasteiger partial charge in [-0.25, -0.2) is 9.59 Å². The van der Waals surface area contributed by atoms with Crippen molar-refractivity contribution in [3.05, 3.63) is 35.4 Å². The van der Waals surface area contributed by atoms with E-state index in [1.807, 2.05) is 20.8 Å². The summed E-state index contributed by atoms with van der Waals surface area (Å²) in [5.74, 6) is -0.405. The fourth-order valence-electron chi connectivity index (χ4n) is 3.30. The molecule has 0 amide bonds. The van der Waals surface area contributed by atoms with Crippen LogP contribution in [0.5, 0.6) is 0 Å². The van der Waals surface area contributed by atoms with Crippen LogP contribution < -0.4 is 0 Å². The van der Waals surface area contributed by atoms with Crippen molar-refractivity contribution in [1.82, 2.24) is 0 Å². The van der Waals surface area contributed by atoms with Crippen LogP contribution in [0.2, 0.25) is 0 Å². The van der Waals surface area contributed by atoms with Gasteiger partial charge in [0.2, 0.25) is 0 Å². The van der Waals surface area contributed by atoms with Crippen molar-refractivity contribution in [2.75, 3.05) is 6.61 Å². The molecule has 1 aromatic rings. The Bertz CT molecular complexity index is 577. The first kappa shape index (κ1) is 25.2. The number of rotatable bonds is 15. The monoisotopic (exact) mass is 404 g/mol. The maximum absolute atomic E-state index is 12.2. The van der Waals surface area contributed by atoms with Gasteiger partial charge in [0.05, 0.1) is 17.7 Å². The molecule has 29 heavy (non-hydrogen) atoms. The number of hydrogen-bond donors (Lipinski definition) is 0. The van der Waals surface area contributed by atoms with Crippen LogP contribution in [-0.4, -0.2) is 24.6 Å². The summed E-state index contributed by atoms with van der Waals surface area (Å²) in [7, 11) is 0. The third kappa shape index (κ3) is 10.5. The summed E-state index contributed by atoms with van der Waals surface area (Å²) in [5.41, 5.74) is 0.924. The van der Waals surface area contributed by atoms with E-state index in [2.05, 4.69) is 6.92 Å². The molecule has 0 heterocycles. The predicted octanol–water partition coefficient (Wildman–Crippen LogP) is 6.97. The van der Waals surface area contributed by atoms with Gasteiger partial charge in [0.25, 0.3) is 0 Å². The topological polar surface area (TPSA) is 52.6 Å². The van der Waals surface area contributed by atoms with E-state index in [0.717, 1.165) is 19.3 Å². The minimum Gasteiger partial charge on any atom is -0.462 e. The van der Waals surface area contributed by atoms with Crippen LogP contribution in [0.4, 0.5) is 0 Å². The van der Waals surface area contributed by atoms with E-state index in [1.165, 1.54) is 44.9 Å². The van der Waals surface area contributed by atoms with Crippen molar-refractivity contribution in [1.29, 1.82) is 0 Å². The average molecular weight is 405 g/mol. The first-order chi connectivity index (χ1) is 14.0. The van der Waals surface area contributed by atoms with E-state index in [1.54, 1.807) is 24.3 Å². The zero-order valence-corrected chi connectivity index (χ0v) is 18.9. The number of carbonyl (C=O) groups excluding carboxylic acids is 2. The van der Waals surface area contributed by atoms with Gasteiger partial charge in [0, 0.05) is 0 Å². The second-order valence-electron chi connectivity index (χ2n) is 8.14. The molecular weight excluding hydrogens is 364 g/mol. The highest BCUT2D eigenvalue weighted by Crippen LogP contribution is 2.15. The Morgan fingerprint density at radius 3 is 1.72 bits per heavy atom. The van der Waals surface area contributed by atoms with Gasteiger partial charge >= 0.3 is 11.9 Å². The highest BCUT2D eigenvalue weighted by molar-refractivity contribution is 5.93. The highest BCUT2D eigenvalue weighted by atomic mass is 16.5. The van der Waals surface area contributed by atoms with Crippen molar-refractivity contribution in [2.24, 2.45) is 5.92 Å². The standard InChI is InChI=1S/C25H40O4/c1-5-7-8-9-10-11-12-13-14-19-28-24(26)21-15-17-22(18-16-21)25(27)29-23(6-2)20(3)4/h15-18,20,23H,5-14,19H2,1-4H3. The van der Waals surface area contributed by atoms with E-state index in [9.17, 15) is 9.59 Å². The van der Waals surface area contributed by atoms with Gasteiger partial charge in [-0.2, -0.15) is 0 Å². The summed E-state index contributed by atoms with van der Waals surface area (Å²) in [5, 5.41) is 0. The van der Waals surface area contributed by atoms with Gasteiger partial charge < -0.3 is 9.47 Å². The zero-order valence-electron chi connectivity index (χ0n) is 18.9. The minimum absolute atomic E-state index is 0.0940. The molecule has 164 valence electrons. The quantitative estimate of drug-likeness (QED) is 0.234. The Morgan fingerprint density at radius 2 is 1.24 bits per heavy atom. The smallest absolute Gasteiger partial charge is 0.338 e. The lowest BCUT2D eigenvalue weighted by atomic mass is 10.0. The number of carbonyl (C=O) groups is 2. The molecule has 0 aromatic heterocycles. The van der Waals surface area contributed by atoms with Gasteiger partial charge in [-0.05, 0) is 43.0 Å². The lowest BCUT2D eigenvalue weighted by molar-refractivity contribution is 0.0173. The Hall–Kier alpha value is -1.84. The van der Waals surface area contributed by atoms with E-state index >= 15 is 0 Å². The number of benzene rings is 1. The minimum atomic E-state index is -0.347. The molecule has 1 rings (SSSR count). The maximum Gasteiger partial charge on any atom is 0.338 e. The number of ether oxygens (including phenoxy) is 2. The summed E-state index contributed by atoms with van der Waals surface area (Å²) in [6, 6.07) is 6.52. The first-order valence-corrected chi connectivity index (χ1v) is 11.5. The molecule has 1 atom stereocenters. The van der Waals surface area contributed by atoms with Crippen LogP contribution in [-0.2, 0) is 9.47 Å². The fraction of sp³-hybridized carbons (Fsp3) is 0.680. The van der Waals surface area contributed by atoms with Crippen molar-refractivity contribution >= 4 is 11.9 Å². The molecule has 0 aliphatic carbocycles. The van der Waals surface area contributed by atoms with Gasteiger partial charge in [0.15, 0.2) is 0 Å². The molecular formula is C25H40O4. The van der Waals surface area contributed by atoms with E-state index in [4.69, 9.17) is 9.47 Å². The maximum atomic E-state index is 12.2. The normalized spacial score (nSPS) is 12.0. The van der Waals surface area contributed by atoms with Crippen molar-refractivity contribution < 1.29 is 19.1 Å². The van der Waals surface area contributed by atoms with Crippen LogP contribution in [0.25, 0.3) is 0 Å². The molecule has 4 nitrogen and oxygen atoms in total. The van der Waals surface area contributed by atoms with Crippen LogP contribution in [0.15, 0.2) is 24.3 Å². The third-order valence-corrected chi connectivity index (χ3v) is 5.24. The van der Waals surface area contributed by atoms with Gasteiger partial charge in [-0.15, -0.1) is 0 Å². The third-order valence-electron chi connectivity index (χ3n) is 5.24. The van der Waals surface area contributed by atoms with Gasteiger partial charge in [-0.1, -0.05) is 79.1 Å². The summed E-state index contributed by atoms with van der Waals surface area (Å²) in [4.78, 5) is 24.4. The fourth-order valence-corrected chi connectivity index (χ4v) is 3.30. The molecule has 4 heteroatoms. The molecule has 0 bridgehead atoms. The summed E-state index contributed by atoms with van der Waals surface area (Å²) >= 11 is 0. The largest absolute Gasteiger partial charge is 0.462 e. The van der Waals surface area contributed by atoms with Crippen LogP contribution >= 0.6 is 0 Å². The Kier molecular flexibility index (Phi) is 13.1. The van der Waals surface area contributed by atoms with Crippen molar-refractivity contribution in [3.8, 4) is 0 Å². The lowest BCUT2D eigenvalue weighted by Crippen LogP contribution is -2.22. The molecule has 0 saturated carbocycles. The number of hydrogen-bond acceptors (Lipinski definition) is 4. The van der Waals surface area contributed by atoms with Gasteiger partial charge in [-0.3, -0.25) is 0 Å². The molecule has 1 unspecified atom stereocenters. The Balaban J connectivity index is 2.26. The second-order valence-corrected chi connectivity index (χ2v) is 8.14. The average Bonchev–Trinajstić information content (AvgIpc) is 2.72. The summed E-state index contributed by atoms with van der Waals surface area (Å²) < 4.78 is 10.9. The molecule has 0 radical (unpaired) electrons. The van der Waals surface area contributed by atoms with E-state index < -0.39 is 0 Å². The summed E-state index contributed by atoms with van der Waals surface area (Å²) in [6.07, 6.45) is 11.8. The highest BCUT2D eigenvalue weighted by Gasteiger charge is 2.18. The van der Waals surface area contributed by atoms with Crippen LogP contribution in [0.1, 0.15) is 113 Å².